The van der Waals surface area contributed by atoms with Gasteiger partial charge in [0.25, 0.3) is 0 Å². The molecule has 294 valence electrons. The van der Waals surface area contributed by atoms with Gasteiger partial charge in [-0.05, 0) is 66.7 Å². The van der Waals surface area contributed by atoms with Crippen LogP contribution in [-0.4, -0.2) is 14.5 Å². The number of nitrogens with zero attached hydrogens (tertiary/aromatic N) is 5. The molecule has 61 heavy (non-hydrogen) atoms. The molecule has 9 aromatic rings. The van der Waals surface area contributed by atoms with E-state index in [9.17, 15) is 36.9 Å². The van der Waals surface area contributed by atoms with E-state index in [-0.39, 0.29) is 38.8 Å². The number of nitriles is 2. The molecule has 5 nitrogen and oxygen atoms in total. The van der Waals surface area contributed by atoms with Crippen molar-refractivity contribution in [1.29, 1.82) is 10.5 Å². The zero-order valence-electron chi connectivity index (χ0n) is 31.6. The minimum Gasteiger partial charge on any atom is -0.308 e. The Morgan fingerprint density at radius 3 is 1.25 bits per heavy atom. The molecular weight excluding hydrogens is 785 g/mol. The second-order valence-electron chi connectivity index (χ2n) is 14.2. The van der Waals surface area contributed by atoms with Crippen LogP contribution in [0.3, 0.4) is 0 Å². The van der Waals surface area contributed by atoms with Crippen LogP contribution in [0.2, 0.25) is 0 Å². The van der Waals surface area contributed by atoms with Crippen LogP contribution in [-0.2, 0) is 12.4 Å². The van der Waals surface area contributed by atoms with E-state index in [2.05, 4.69) is 12.1 Å². The first-order valence-corrected chi connectivity index (χ1v) is 18.8. The fraction of sp³-hybridized carbons (Fsp3) is 0.0400. The third kappa shape index (κ3) is 7.02. The Labute approximate surface area is 344 Å². The van der Waals surface area contributed by atoms with Gasteiger partial charge in [-0.2, -0.15) is 36.9 Å². The van der Waals surface area contributed by atoms with Crippen molar-refractivity contribution in [3.05, 3.63) is 186 Å². The van der Waals surface area contributed by atoms with Crippen LogP contribution in [0.15, 0.2) is 164 Å². The number of aromatic nitrogens is 3. The van der Waals surface area contributed by atoms with Crippen LogP contribution >= 0.6 is 0 Å². The van der Waals surface area contributed by atoms with E-state index in [1.165, 1.54) is 12.1 Å². The van der Waals surface area contributed by atoms with E-state index in [1.807, 2.05) is 66.7 Å². The summed E-state index contributed by atoms with van der Waals surface area (Å²) in [6, 6.07) is 48.4. The molecule has 0 unspecified atom stereocenters. The van der Waals surface area contributed by atoms with Crippen LogP contribution in [0.25, 0.3) is 83.6 Å². The van der Waals surface area contributed by atoms with E-state index in [4.69, 9.17) is 9.97 Å². The van der Waals surface area contributed by atoms with Gasteiger partial charge < -0.3 is 4.57 Å². The number of halogens is 6. The fourth-order valence-electron chi connectivity index (χ4n) is 7.75. The number of benzene rings is 7. The molecule has 0 atom stereocenters. The van der Waals surface area contributed by atoms with Gasteiger partial charge in [0.2, 0.25) is 0 Å². The lowest BCUT2D eigenvalue weighted by Gasteiger charge is -2.22. The maximum atomic E-state index is 14.3. The van der Waals surface area contributed by atoms with Gasteiger partial charge in [-0.25, -0.2) is 9.97 Å². The number of hydrogen-bond donors (Lipinski definition) is 0. The summed E-state index contributed by atoms with van der Waals surface area (Å²) in [5.74, 6) is 0.282. The van der Waals surface area contributed by atoms with Crippen molar-refractivity contribution in [2.24, 2.45) is 0 Å². The van der Waals surface area contributed by atoms with Crippen LogP contribution in [0, 0.1) is 22.7 Å². The molecule has 2 aromatic heterocycles. The van der Waals surface area contributed by atoms with Crippen LogP contribution in [0.4, 0.5) is 26.3 Å². The minimum absolute atomic E-state index is 0.0783. The number of alkyl halides is 6. The minimum atomic E-state index is -4.80. The summed E-state index contributed by atoms with van der Waals surface area (Å²) in [7, 11) is 0. The molecule has 0 aliphatic heterocycles. The van der Waals surface area contributed by atoms with Gasteiger partial charge in [0.05, 0.1) is 62.5 Å². The van der Waals surface area contributed by atoms with Gasteiger partial charge in [-0.15, -0.1) is 0 Å². The van der Waals surface area contributed by atoms with E-state index in [1.54, 1.807) is 65.2 Å². The van der Waals surface area contributed by atoms with Gasteiger partial charge in [0.15, 0.2) is 5.82 Å². The molecular formula is C50H27F6N5. The van der Waals surface area contributed by atoms with Gasteiger partial charge in [-0.3, -0.25) is 0 Å². The molecule has 0 amide bonds. The topological polar surface area (TPSA) is 78.3 Å². The second kappa shape index (κ2) is 15.0. The highest BCUT2D eigenvalue weighted by atomic mass is 19.4. The van der Waals surface area contributed by atoms with Crippen molar-refractivity contribution in [3.8, 4) is 74.0 Å². The summed E-state index contributed by atoms with van der Waals surface area (Å²) >= 11 is 0. The lowest BCUT2D eigenvalue weighted by atomic mass is 9.89. The summed E-state index contributed by atoms with van der Waals surface area (Å²) in [6.07, 6.45) is -9.60. The number of rotatable bonds is 6. The molecule has 0 saturated carbocycles. The predicted molar refractivity (Wildman–Crippen MR) is 223 cm³/mol. The predicted octanol–water partition coefficient (Wildman–Crippen LogP) is 13.7. The Morgan fingerprint density at radius 2 is 0.836 bits per heavy atom. The van der Waals surface area contributed by atoms with Gasteiger partial charge >= 0.3 is 12.4 Å². The molecule has 9 rings (SSSR count). The molecule has 0 aliphatic rings. The molecule has 11 heteroatoms. The van der Waals surface area contributed by atoms with Gasteiger partial charge in [0.1, 0.15) is 0 Å². The first kappa shape index (κ1) is 38.5. The smallest absolute Gasteiger partial charge is 0.308 e. The average Bonchev–Trinajstić information content (AvgIpc) is 3.61. The summed E-state index contributed by atoms with van der Waals surface area (Å²) in [5, 5.41) is 20.8. The Kier molecular flexibility index (Phi) is 9.45. The molecule has 0 saturated heterocycles. The van der Waals surface area contributed by atoms with Crippen LogP contribution < -0.4 is 0 Å². The van der Waals surface area contributed by atoms with E-state index >= 15 is 0 Å². The quantitative estimate of drug-likeness (QED) is 0.157. The summed E-state index contributed by atoms with van der Waals surface area (Å²) < 4.78 is 87.2. The lowest BCUT2D eigenvalue weighted by Crippen LogP contribution is -2.06. The van der Waals surface area contributed by atoms with E-state index in [0.717, 1.165) is 35.4 Å². The van der Waals surface area contributed by atoms with Gasteiger partial charge in [-0.1, -0.05) is 97.1 Å². The highest BCUT2D eigenvalue weighted by Gasteiger charge is 2.34. The second-order valence-corrected chi connectivity index (χ2v) is 14.2. The highest BCUT2D eigenvalue weighted by molar-refractivity contribution is 6.11. The normalized spacial score (nSPS) is 11.7. The largest absolute Gasteiger partial charge is 0.416 e. The van der Waals surface area contributed by atoms with Crippen molar-refractivity contribution in [2.45, 2.75) is 12.4 Å². The third-order valence-corrected chi connectivity index (χ3v) is 10.6. The molecule has 7 aromatic carbocycles. The lowest BCUT2D eigenvalue weighted by molar-refractivity contribution is -0.138. The number of fused-ring (bicyclic) bond motifs is 3. The van der Waals surface area contributed by atoms with Crippen LogP contribution in [0.5, 0.6) is 0 Å². The Morgan fingerprint density at radius 1 is 0.426 bits per heavy atom. The van der Waals surface area contributed by atoms with Gasteiger partial charge in [0, 0.05) is 49.7 Å². The monoisotopic (exact) mass is 811 g/mol. The fourth-order valence-corrected chi connectivity index (χ4v) is 7.75. The van der Waals surface area contributed by atoms with E-state index in [0.29, 0.717) is 44.9 Å². The highest BCUT2D eigenvalue weighted by Crippen LogP contribution is 2.47. The molecule has 0 aliphatic carbocycles. The van der Waals surface area contributed by atoms with Crippen molar-refractivity contribution in [1.82, 2.24) is 14.5 Å². The summed E-state index contributed by atoms with van der Waals surface area (Å²) in [4.78, 5) is 10.1. The van der Waals surface area contributed by atoms with Crippen molar-refractivity contribution in [2.75, 3.05) is 0 Å². The molecule has 0 spiro atoms. The molecule has 0 N–H and O–H groups in total. The first-order valence-electron chi connectivity index (χ1n) is 18.8. The van der Waals surface area contributed by atoms with Crippen molar-refractivity contribution in [3.63, 3.8) is 0 Å². The molecule has 0 radical (unpaired) electrons. The van der Waals surface area contributed by atoms with Crippen molar-refractivity contribution < 1.29 is 26.3 Å². The Hall–Kier alpha value is -8.02. The average molecular weight is 812 g/mol. The number of hydrogen-bond acceptors (Lipinski definition) is 4. The molecule has 2 heterocycles. The Bertz CT molecular complexity index is 3040. The zero-order chi connectivity index (χ0) is 42.5. The zero-order valence-corrected chi connectivity index (χ0v) is 31.6. The van der Waals surface area contributed by atoms with E-state index < -0.39 is 23.5 Å². The maximum absolute atomic E-state index is 14.3. The van der Waals surface area contributed by atoms with Crippen molar-refractivity contribution >= 4 is 21.8 Å². The summed E-state index contributed by atoms with van der Waals surface area (Å²) in [5.41, 5.74) is 3.91. The first-order chi connectivity index (χ1) is 29.4. The third-order valence-electron chi connectivity index (χ3n) is 10.6. The molecule has 0 bridgehead atoms. The van der Waals surface area contributed by atoms with Crippen LogP contribution in [0.1, 0.15) is 22.3 Å². The molecule has 0 fully saturated rings. The SMILES string of the molecule is N#Cc1ccccc1-c1cc(-c2nc(-c3ccccc3)cc(-c3ccccc3)n2)cc(-c2ccccc2C#N)c1-n1c2ccc(C(F)(F)F)cc2c2cc(C(F)(F)F)ccc21. The Balaban J connectivity index is 1.47. The summed E-state index contributed by atoms with van der Waals surface area (Å²) in [6.45, 7) is 0. The standard InChI is InChI=1S/C50H27F6N5/c51-49(52,53)35-19-21-45-39(25-35)40-26-36(50(54,55)56)20-22-46(40)61(45)47-41(37-17-9-7-15-32(37)28-57)23-34(24-42(47)38-18-10-8-16-33(38)29-58)48-59-43(30-11-3-1-4-12-30)27-44(60-48)31-13-5-2-6-14-31/h1-27H. The maximum Gasteiger partial charge on any atom is 0.416 e.